The summed E-state index contributed by atoms with van der Waals surface area (Å²) in [6.45, 7) is 2.20. The average Bonchev–Trinajstić information content (AvgIpc) is 2.27. The number of amides is 1. The van der Waals surface area contributed by atoms with E-state index in [4.69, 9.17) is 5.11 Å². The summed E-state index contributed by atoms with van der Waals surface area (Å²) in [5.41, 5.74) is 0. The fourth-order valence-corrected chi connectivity index (χ4v) is 2.17. The average molecular weight is 199 g/mol. The van der Waals surface area contributed by atoms with Crippen molar-refractivity contribution in [3.63, 3.8) is 0 Å². The summed E-state index contributed by atoms with van der Waals surface area (Å²) >= 11 is 0. The number of rotatable bonds is 3. The molecule has 82 valence electrons. The summed E-state index contributed by atoms with van der Waals surface area (Å²) in [5.74, 6) is 0.703. The molecule has 0 aromatic rings. The molecule has 1 fully saturated rings. The minimum absolute atomic E-state index is 0.234. The Hall–Kier alpha value is -0.570. The zero-order chi connectivity index (χ0) is 10.6. The smallest absolute Gasteiger partial charge is 0.222 e. The van der Waals surface area contributed by atoms with Gasteiger partial charge in [0.15, 0.2) is 0 Å². The predicted octanol–water partition coefficient (Wildman–Crippen LogP) is 1.41. The maximum atomic E-state index is 11.4. The first-order chi connectivity index (χ1) is 6.69. The van der Waals surface area contributed by atoms with Crippen LogP contribution in [0.5, 0.6) is 0 Å². The SMILES string of the molecule is CCC(=O)N(C)C1CCC(CO)CC1. The molecule has 1 N–H and O–H groups in total. The summed E-state index contributed by atoms with van der Waals surface area (Å²) in [6.07, 6.45) is 4.81. The molecule has 0 radical (unpaired) electrons. The summed E-state index contributed by atoms with van der Waals surface area (Å²) < 4.78 is 0. The van der Waals surface area contributed by atoms with E-state index < -0.39 is 0 Å². The maximum absolute atomic E-state index is 11.4. The van der Waals surface area contributed by atoms with Gasteiger partial charge in [-0.25, -0.2) is 0 Å². The van der Waals surface area contributed by atoms with Crippen LogP contribution in [0.15, 0.2) is 0 Å². The molecule has 0 bridgehead atoms. The van der Waals surface area contributed by atoms with Gasteiger partial charge in [0.2, 0.25) is 5.91 Å². The molecular weight excluding hydrogens is 178 g/mol. The lowest BCUT2D eigenvalue weighted by Crippen LogP contribution is -2.39. The van der Waals surface area contributed by atoms with Crippen molar-refractivity contribution in [2.24, 2.45) is 5.92 Å². The Morgan fingerprint density at radius 2 is 1.93 bits per heavy atom. The van der Waals surface area contributed by atoms with Gasteiger partial charge >= 0.3 is 0 Å². The predicted molar refractivity (Wildman–Crippen MR) is 55.9 cm³/mol. The molecule has 3 nitrogen and oxygen atoms in total. The highest BCUT2D eigenvalue weighted by atomic mass is 16.3. The van der Waals surface area contributed by atoms with Gasteiger partial charge in [0.05, 0.1) is 0 Å². The Morgan fingerprint density at radius 3 is 2.36 bits per heavy atom. The number of carbonyl (C=O) groups excluding carboxylic acids is 1. The molecule has 0 spiro atoms. The van der Waals surface area contributed by atoms with Crippen molar-refractivity contribution in [2.75, 3.05) is 13.7 Å². The van der Waals surface area contributed by atoms with Crippen molar-refractivity contribution in [1.29, 1.82) is 0 Å². The fourth-order valence-electron chi connectivity index (χ4n) is 2.17. The molecule has 1 amide bonds. The second-order valence-electron chi connectivity index (χ2n) is 4.22. The number of hydrogen-bond acceptors (Lipinski definition) is 2. The molecule has 0 aromatic heterocycles. The summed E-state index contributed by atoms with van der Waals surface area (Å²) in [4.78, 5) is 13.3. The molecule has 1 saturated carbocycles. The minimum atomic E-state index is 0.234. The summed E-state index contributed by atoms with van der Waals surface area (Å²) in [6, 6.07) is 0.408. The Balaban J connectivity index is 2.37. The van der Waals surface area contributed by atoms with Crippen molar-refractivity contribution in [3.05, 3.63) is 0 Å². The molecule has 0 unspecified atom stereocenters. The van der Waals surface area contributed by atoms with Crippen molar-refractivity contribution in [2.45, 2.75) is 45.1 Å². The van der Waals surface area contributed by atoms with E-state index in [-0.39, 0.29) is 5.91 Å². The third kappa shape index (κ3) is 2.71. The molecule has 1 aliphatic rings. The zero-order valence-electron chi connectivity index (χ0n) is 9.20. The van der Waals surface area contributed by atoms with Crippen LogP contribution in [0.4, 0.5) is 0 Å². The van der Waals surface area contributed by atoms with Crippen molar-refractivity contribution in [3.8, 4) is 0 Å². The molecule has 0 aromatic carbocycles. The van der Waals surface area contributed by atoms with E-state index in [0.717, 1.165) is 25.7 Å². The highest BCUT2D eigenvalue weighted by molar-refractivity contribution is 5.75. The van der Waals surface area contributed by atoms with Gasteiger partial charge in [0.1, 0.15) is 0 Å². The van der Waals surface area contributed by atoms with Crippen molar-refractivity contribution < 1.29 is 9.90 Å². The van der Waals surface area contributed by atoms with Gasteiger partial charge in [-0.2, -0.15) is 0 Å². The quantitative estimate of drug-likeness (QED) is 0.746. The maximum Gasteiger partial charge on any atom is 0.222 e. The van der Waals surface area contributed by atoms with Crippen LogP contribution in [0.3, 0.4) is 0 Å². The molecule has 1 aliphatic carbocycles. The van der Waals surface area contributed by atoms with Crippen molar-refractivity contribution in [1.82, 2.24) is 4.90 Å². The lowest BCUT2D eigenvalue weighted by molar-refractivity contribution is -0.132. The topological polar surface area (TPSA) is 40.5 Å². The Labute approximate surface area is 86.1 Å². The van der Waals surface area contributed by atoms with Crippen LogP contribution in [0.2, 0.25) is 0 Å². The van der Waals surface area contributed by atoms with Crippen LogP contribution in [-0.4, -0.2) is 35.6 Å². The van der Waals surface area contributed by atoms with Crippen LogP contribution in [0, 0.1) is 5.92 Å². The van der Waals surface area contributed by atoms with E-state index in [9.17, 15) is 4.79 Å². The van der Waals surface area contributed by atoms with E-state index in [0.29, 0.717) is 25.0 Å². The Bertz CT molecular complexity index is 186. The minimum Gasteiger partial charge on any atom is -0.396 e. The lowest BCUT2D eigenvalue weighted by atomic mass is 9.86. The van der Waals surface area contributed by atoms with Gasteiger partial charge < -0.3 is 10.0 Å². The molecule has 0 aliphatic heterocycles. The van der Waals surface area contributed by atoms with Crippen LogP contribution >= 0.6 is 0 Å². The number of carbonyl (C=O) groups is 1. The van der Waals surface area contributed by atoms with E-state index in [1.54, 1.807) is 0 Å². The van der Waals surface area contributed by atoms with E-state index in [1.165, 1.54) is 0 Å². The van der Waals surface area contributed by atoms with Crippen molar-refractivity contribution >= 4 is 5.91 Å². The standard InChI is InChI=1S/C11H21NO2/c1-3-11(14)12(2)10-6-4-9(8-13)5-7-10/h9-10,13H,3-8H2,1-2H3. The van der Waals surface area contributed by atoms with E-state index in [2.05, 4.69) is 0 Å². The van der Waals surface area contributed by atoms with Crippen LogP contribution in [0.25, 0.3) is 0 Å². The van der Waals surface area contributed by atoms with Gasteiger partial charge in [0.25, 0.3) is 0 Å². The first-order valence-corrected chi connectivity index (χ1v) is 5.55. The van der Waals surface area contributed by atoms with Gasteiger partial charge in [-0.1, -0.05) is 6.92 Å². The third-order valence-corrected chi connectivity index (χ3v) is 3.32. The molecule has 0 atom stereocenters. The van der Waals surface area contributed by atoms with Crippen LogP contribution < -0.4 is 0 Å². The van der Waals surface area contributed by atoms with E-state index in [1.807, 2.05) is 18.9 Å². The summed E-state index contributed by atoms with van der Waals surface area (Å²) in [7, 11) is 1.90. The Morgan fingerprint density at radius 1 is 1.36 bits per heavy atom. The molecule has 3 heteroatoms. The third-order valence-electron chi connectivity index (χ3n) is 3.32. The largest absolute Gasteiger partial charge is 0.396 e. The molecule has 1 rings (SSSR count). The molecule has 14 heavy (non-hydrogen) atoms. The van der Waals surface area contributed by atoms with Gasteiger partial charge in [-0.05, 0) is 31.6 Å². The number of nitrogens with zero attached hydrogens (tertiary/aromatic N) is 1. The van der Waals surface area contributed by atoms with Gasteiger partial charge in [-0.15, -0.1) is 0 Å². The second-order valence-corrected chi connectivity index (χ2v) is 4.22. The fraction of sp³-hybridized carbons (Fsp3) is 0.909. The summed E-state index contributed by atoms with van der Waals surface area (Å²) in [5, 5.41) is 8.99. The first-order valence-electron chi connectivity index (χ1n) is 5.55. The normalized spacial score (nSPS) is 27.4. The number of aliphatic hydroxyl groups is 1. The highest BCUT2D eigenvalue weighted by Crippen LogP contribution is 2.26. The second kappa shape index (κ2) is 5.35. The highest BCUT2D eigenvalue weighted by Gasteiger charge is 2.25. The number of aliphatic hydroxyl groups excluding tert-OH is 1. The monoisotopic (exact) mass is 199 g/mol. The molecule has 0 heterocycles. The number of hydrogen-bond donors (Lipinski definition) is 1. The Kier molecular flexibility index (Phi) is 4.39. The molecule has 0 saturated heterocycles. The van der Waals surface area contributed by atoms with E-state index >= 15 is 0 Å². The molecular formula is C11H21NO2. The van der Waals surface area contributed by atoms with Gasteiger partial charge in [0, 0.05) is 26.1 Å². The lowest BCUT2D eigenvalue weighted by Gasteiger charge is -2.34. The van der Waals surface area contributed by atoms with Crippen LogP contribution in [-0.2, 0) is 4.79 Å². The van der Waals surface area contributed by atoms with Gasteiger partial charge in [-0.3, -0.25) is 4.79 Å². The van der Waals surface area contributed by atoms with Crippen LogP contribution in [0.1, 0.15) is 39.0 Å². The zero-order valence-corrected chi connectivity index (χ0v) is 9.20. The first kappa shape index (κ1) is 11.5.